The number of carbonyl (C=O) groups excluding carboxylic acids is 3. The van der Waals surface area contributed by atoms with E-state index in [1.807, 2.05) is 62.4 Å². The van der Waals surface area contributed by atoms with E-state index in [1.54, 1.807) is 19.1 Å². The first-order valence-electron chi connectivity index (χ1n) is 11.5. The minimum absolute atomic E-state index is 0.0144. The molecule has 3 aromatic carbocycles. The van der Waals surface area contributed by atoms with Gasteiger partial charge in [-0.15, -0.1) is 0 Å². The van der Waals surface area contributed by atoms with E-state index in [1.165, 1.54) is 9.80 Å². The number of nitrogens with one attached hydrogen (secondary N) is 1. The highest BCUT2D eigenvalue weighted by Crippen LogP contribution is 2.37. The van der Waals surface area contributed by atoms with Crippen LogP contribution in [-0.4, -0.2) is 41.2 Å². The number of nitrogens with zero attached hydrogens (tertiary/aromatic N) is 2. The lowest BCUT2D eigenvalue weighted by atomic mass is 10.1. The van der Waals surface area contributed by atoms with Crippen LogP contribution in [0.5, 0.6) is 0 Å². The molecule has 1 heterocycles. The van der Waals surface area contributed by atoms with Gasteiger partial charge in [-0.3, -0.25) is 19.3 Å². The van der Waals surface area contributed by atoms with Crippen molar-refractivity contribution in [3.63, 3.8) is 0 Å². The summed E-state index contributed by atoms with van der Waals surface area (Å²) in [5.74, 6) is -0.785. The van der Waals surface area contributed by atoms with Crippen LogP contribution in [0.15, 0.2) is 60.7 Å². The minimum atomic E-state index is -0.742. The van der Waals surface area contributed by atoms with Gasteiger partial charge in [-0.25, -0.2) is 0 Å². The number of amides is 3. The molecule has 0 aliphatic carbocycles. The third-order valence-electron chi connectivity index (χ3n) is 6.41. The molecule has 1 aliphatic heterocycles. The molecule has 0 saturated carbocycles. The summed E-state index contributed by atoms with van der Waals surface area (Å²) in [5, 5.41) is 5.27. The molecule has 2 atom stereocenters. The van der Waals surface area contributed by atoms with E-state index in [4.69, 9.17) is 11.6 Å². The second-order valence-corrected chi connectivity index (χ2v) is 9.09. The van der Waals surface area contributed by atoms with Crippen LogP contribution in [-0.2, 0) is 16.1 Å². The molecule has 7 heteroatoms. The number of anilines is 1. The highest BCUT2D eigenvalue weighted by molar-refractivity contribution is 6.31. The zero-order valence-electron chi connectivity index (χ0n) is 19.5. The van der Waals surface area contributed by atoms with Crippen molar-refractivity contribution in [2.24, 2.45) is 0 Å². The molecule has 3 aromatic rings. The molecule has 0 bridgehead atoms. The maximum Gasteiger partial charge on any atom is 0.259 e. The molecule has 0 aromatic heterocycles. The van der Waals surface area contributed by atoms with Crippen LogP contribution < -0.4 is 10.2 Å². The Morgan fingerprint density at radius 3 is 2.44 bits per heavy atom. The summed E-state index contributed by atoms with van der Waals surface area (Å²) >= 11 is 6.37. The second-order valence-electron chi connectivity index (χ2n) is 8.68. The average molecular weight is 478 g/mol. The Bertz CT molecular complexity index is 1250. The van der Waals surface area contributed by atoms with Gasteiger partial charge >= 0.3 is 0 Å². The second kappa shape index (κ2) is 9.85. The maximum atomic E-state index is 13.6. The van der Waals surface area contributed by atoms with Gasteiger partial charge in [0, 0.05) is 28.6 Å². The molecule has 34 heavy (non-hydrogen) atoms. The predicted molar refractivity (Wildman–Crippen MR) is 135 cm³/mol. The van der Waals surface area contributed by atoms with Crippen LogP contribution in [0.25, 0.3) is 10.8 Å². The fraction of sp³-hybridized carbons (Fsp3) is 0.296. The van der Waals surface area contributed by atoms with Crippen molar-refractivity contribution < 1.29 is 14.4 Å². The topological polar surface area (TPSA) is 69.7 Å². The van der Waals surface area contributed by atoms with Crippen LogP contribution >= 0.6 is 11.6 Å². The molecule has 0 spiro atoms. The van der Waals surface area contributed by atoms with Crippen molar-refractivity contribution in [2.45, 2.75) is 45.8 Å². The van der Waals surface area contributed by atoms with Gasteiger partial charge in [0.25, 0.3) is 5.91 Å². The lowest BCUT2D eigenvalue weighted by molar-refractivity contribution is -0.139. The van der Waals surface area contributed by atoms with Crippen LogP contribution in [0.2, 0.25) is 5.02 Å². The zero-order valence-corrected chi connectivity index (χ0v) is 20.3. The van der Waals surface area contributed by atoms with E-state index in [0.29, 0.717) is 16.3 Å². The van der Waals surface area contributed by atoms with Gasteiger partial charge in [0.15, 0.2) is 0 Å². The third kappa shape index (κ3) is 4.50. The standard InChI is InChI=1S/C27H28ClN3O3/c1-4-17(2)29-26(33)18(3)30(15-20-9-5-6-13-22(20)28)24(32)16-31-23-14-8-11-19-10-7-12-21(25(19)23)27(31)34/h5-14,17-18H,4,15-16H2,1-3H3,(H,29,33). The highest BCUT2D eigenvalue weighted by Gasteiger charge is 2.34. The fourth-order valence-corrected chi connectivity index (χ4v) is 4.42. The van der Waals surface area contributed by atoms with Gasteiger partial charge in [-0.05, 0) is 49.4 Å². The number of hydrogen-bond donors (Lipinski definition) is 1. The van der Waals surface area contributed by atoms with Gasteiger partial charge in [-0.2, -0.15) is 0 Å². The quantitative estimate of drug-likeness (QED) is 0.507. The summed E-state index contributed by atoms with van der Waals surface area (Å²) in [7, 11) is 0. The summed E-state index contributed by atoms with van der Waals surface area (Å²) in [6, 6.07) is 17.7. The first-order chi connectivity index (χ1) is 16.3. The monoisotopic (exact) mass is 477 g/mol. The van der Waals surface area contributed by atoms with E-state index in [-0.39, 0.29) is 36.9 Å². The van der Waals surface area contributed by atoms with Crippen LogP contribution in [0.3, 0.4) is 0 Å². The Labute approximate surface area is 204 Å². The van der Waals surface area contributed by atoms with Crippen molar-refractivity contribution in [1.82, 2.24) is 10.2 Å². The average Bonchev–Trinajstić information content (AvgIpc) is 3.11. The number of carbonyl (C=O) groups is 3. The van der Waals surface area contributed by atoms with Gasteiger partial charge in [0.05, 0.1) is 5.69 Å². The minimum Gasteiger partial charge on any atom is -0.352 e. The van der Waals surface area contributed by atoms with Crippen molar-refractivity contribution in [1.29, 1.82) is 0 Å². The number of halogens is 1. The summed E-state index contributed by atoms with van der Waals surface area (Å²) in [4.78, 5) is 42.8. The van der Waals surface area contributed by atoms with Gasteiger partial charge in [-0.1, -0.05) is 61.0 Å². The van der Waals surface area contributed by atoms with Gasteiger partial charge in [0.1, 0.15) is 12.6 Å². The lowest BCUT2D eigenvalue weighted by Crippen LogP contribution is -2.52. The molecule has 4 rings (SSSR count). The lowest BCUT2D eigenvalue weighted by Gasteiger charge is -2.31. The molecule has 176 valence electrons. The summed E-state index contributed by atoms with van der Waals surface area (Å²) in [6.07, 6.45) is 0.779. The predicted octanol–water partition coefficient (Wildman–Crippen LogP) is 4.79. The Kier molecular flexibility index (Phi) is 6.89. The Morgan fingerprint density at radius 2 is 1.74 bits per heavy atom. The van der Waals surface area contributed by atoms with Crippen LogP contribution in [0, 0.1) is 0 Å². The van der Waals surface area contributed by atoms with Crippen molar-refractivity contribution in [3.8, 4) is 0 Å². The van der Waals surface area contributed by atoms with Crippen molar-refractivity contribution >= 4 is 45.8 Å². The van der Waals surface area contributed by atoms with Crippen LogP contribution in [0.4, 0.5) is 5.69 Å². The largest absolute Gasteiger partial charge is 0.352 e. The van der Waals surface area contributed by atoms with E-state index in [0.717, 1.165) is 22.8 Å². The molecule has 6 nitrogen and oxygen atoms in total. The molecular formula is C27H28ClN3O3. The molecule has 2 unspecified atom stereocenters. The number of hydrogen-bond acceptors (Lipinski definition) is 3. The van der Waals surface area contributed by atoms with E-state index < -0.39 is 6.04 Å². The first-order valence-corrected chi connectivity index (χ1v) is 11.9. The molecule has 0 fully saturated rings. The third-order valence-corrected chi connectivity index (χ3v) is 6.78. The van der Waals surface area contributed by atoms with Crippen LogP contribution in [0.1, 0.15) is 43.1 Å². The summed E-state index contributed by atoms with van der Waals surface area (Å²) < 4.78 is 0. The van der Waals surface area contributed by atoms with E-state index in [2.05, 4.69) is 5.32 Å². The van der Waals surface area contributed by atoms with E-state index >= 15 is 0 Å². The Balaban J connectivity index is 1.63. The molecule has 1 N–H and O–H groups in total. The Hall–Kier alpha value is -3.38. The SMILES string of the molecule is CCC(C)NC(=O)C(C)N(Cc1ccccc1Cl)C(=O)CN1C(=O)c2cccc3cccc1c23. The highest BCUT2D eigenvalue weighted by atomic mass is 35.5. The summed E-state index contributed by atoms with van der Waals surface area (Å²) in [6.45, 7) is 5.60. The van der Waals surface area contributed by atoms with Crippen molar-refractivity contribution in [2.75, 3.05) is 11.4 Å². The van der Waals surface area contributed by atoms with E-state index in [9.17, 15) is 14.4 Å². The number of rotatable bonds is 8. The zero-order chi connectivity index (χ0) is 24.4. The number of benzene rings is 3. The summed E-state index contributed by atoms with van der Waals surface area (Å²) in [5.41, 5.74) is 2.03. The normalized spacial score (nSPS) is 14.2. The molecule has 1 aliphatic rings. The van der Waals surface area contributed by atoms with Gasteiger partial charge in [0.2, 0.25) is 11.8 Å². The molecule has 0 saturated heterocycles. The smallest absolute Gasteiger partial charge is 0.259 e. The van der Waals surface area contributed by atoms with Gasteiger partial charge < -0.3 is 10.2 Å². The molecular weight excluding hydrogens is 450 g/mol. The Morgan fingerprint density at radius 1 is 1.03 bits per heavy atom. The molecule has 3 amide bonds. The van der Waals surface area contributed by atoms with Crippen molar-refractivity contribution in [3.05, 3.63) is 76.8 Å². The fourth-order valence-electron chi connectivity index (χ4n) is 4.22. The molecule has 0 radical (unpaired) electrons. The first kappa shape index (κ1) is 23.8. The maximum absolute atomic E-state index is 13.6.